The van der Waals surface area contributed by atoms with E-state index in [4.69, 9.17) is 9.47 Å². The molecule has 120 valence electrons. The molecule has 6 heteroatoms. The number of pyridine rings is 1. The highest BCUT2D eigenvalue weighted by Gasteiger charge is 2.41. The Morgan fingerprint density at radius 2 is 2.36 bits per heavy atom. The second kappa shape index (κ2) is 6.62. The van der Waals surface area contributed by atoms with Crippen molar-refractivity contribution in [3.8, 4) is 5.88 Å². The fourth-order valence-electron chi connectivity index (χ4n) is 3.51. The van der Waals surface area contributed by atoms with E-state index in [1.807, 2.05) is 6.07 Å². The Bertz CT molecular complexity index is 537. The number of aromatic nitrogens is 1. The minimum atomic E-state index is -0.292. The van der Waals surface area contributed by atoms with Gasteiger partial charge in [-0.05, 0) is 25.3 Å². The van der Waals surface area contributed by atoms with E-state index in [-0.39, 0.29) is 18.1 Å². The van der Waals surface area contributed by atoms with Gasteiger partial charge < -0.3 is 14.8 Å². The Labute approximate surface area is 130 Å². The van der Waals surface area contributed by atoms with Gasteiger partial charge in [0.2, 0.25) is 11.8 Å². The van der Waals surface area contributed by atoms with Crippen LogP contribution in [0.1, 0.15) is 24.8 Å². The first kappa shape index (κ1) is 15.2. The largest absolute Gasteiger partial charge is 0.481 e. The molecule has 3 heterocycles. The Morgan fingerprint density at radius 1 is 1.50 bits per heavy atom. The molecule has 3 atom stereocenters. The molecule has 0 aliphatic carbocycles. The summed E-state index contributed by atoms with van der Waals surface area (Å²) in [7, 11) is 3.31. The fraction of sp³-hybridized carbons (Fsp3) is 0.625. The third kappa shape index (κ3) is 2.94. The molecule has 1 N–H and O–H groups in total. The number of nitrogens with zero attached hydrogens (tertiary/aromatic N) is 2. The van der Waals surface area contributed by atoms with Crippen LogP contribution in [0.4, 0.5) is 0 Å². The molecule has 6 nitrogen and oxygen atoms in total. The number of nitrogens with one attached hydrogen (secondary N) is 1. The predicted octanol–water partition coefficient (Wildman–Crippen LogP) is 0.958. The first-order chi connectivity index (χ1) is 10.7. The molecule has 2 aliphatic rings. The predicted molar refractivity (Wildman–Crippen MR) is 81.6 cm³/mol. The number of hydrogen-bond donors (Lipinski definition) is 1. The van der Waals surface area contributed by atoms with Crippen molar-refractivity contribution in [3.05, 3.63) is 23.9 Å². The molecular weight excluding hydrogens is 282 g/mol. The van der Waals surface area contributed by atoms with E-state index >= 15 is 0 Å². The van der Waals surface area contributed by atoms with Crippen LogP contribution in [0.3, 0.4) is 0 Å². The van der Waals surface area contributed by atoms with Gasteiger partial charge in [0.05, 0.1) is 13.2 Å². The summed E-state index contributed by atoms with van der Waals surface area (Å²) in [6.45, 7) is 1.79. The normalized spacial score (nSPS) is 28.2. The van der Waals surface area contributed by atoms with Gasteiger partial charge in [0.1, 0.15) is 6.10 Å². The van der Waals surface area contributed by atoms with E-state index in [1.54, 1.807) is 20.4 Å². The summed E-state index contributed by atoms with van der Waals surface area (Å²) in [5, 5.41) is 2.68. The van der Waals surface area contributed by atoms with Crippen molar-refractivity contribution in [2.45, 2.75) is 44.1 Å². The molecule has 0 aromatic carbocycles. The van der Waals surface area contributed by atoms with Gasteiger partial charge >= 0.3 is 0 Å². The first-order valence-corrected chi connectivity index (χ1v) is 7.82. The van der Waals surface area contributed by atoms with E-state index < -0.39 is 0 Å². The van der Waals surface area contributed by atoms with Gasteiger partial charge in [0.15, 0.2) is 0 Å². The minimum Gasteiger partial charge on any atom is -0.481 e. The van der Waals surface area contributed by atoms with Gasteiger partial charge in [-0.25, -0.2) is 4.98 Å². The molecule has 22 heavy (non-hydrogen) atoms. The van der Waals surface area contributed by atoms with Crippen LogP contribution in [0.25, 0.3) is 0 Å². The highest BCUT2D eigenvalue weighted by atomic mass is 16.5. The van der Waals surface area contributed by atoms with Crippen molar-refractivity contribution in [2.75, 3.05) is 20.7 Å². The van der Waals surface area contributed by atoms with Gasteiger partial charge in [-0.3, -0.25) is 9.69 Å². The van der Waals surface area contributed by atoms with Crippen molar-refractivity contribution in [2.24, 2.45) is 0 Å². The zero-order valence-electron chi connectivity index (χ0n) is 13.1. The highest BCUT2D eigenvalue weighted by Crippen LogP contribution is 2.33. The zero-order chi connectivity index (χ0) is 15.5. The standard InChI is InChI=1S/C16H23N3O3/c1-17-15(20)14-6-5-12-13(22-14)7-9-19(12)10-11-4-3-8-18-16(11)21-2/h3-4,8,12-14H,5-7,9-10H2,1-2H3,(H,17,20)/t12-,13-,14-/m1/s1. The highest BCUT2D eigenvalue weighted by molar-refractivity contribution is 5.80. The number of fused-ring (bicyclic) bond motifs is 1. The molecule has 1 amide bonds. The number of likely N-dealkylation sites (tertiary alicyclic amines) is 1. The third-order valence-corrected chi connectivity index (χ3v) is 4.62. The van der Waals surface area contributed by atoms with Gasteiger partial charge in [0, 0.05) is 37.9 Å². The van der Waals surface area contributed by atoms with E-state index in [2.05, 4.69) is 21.3 Å². The number of likely N-dealkylation sites (N-methyl/N-ethyl adjacent to an activating group) is 1. The lowest BCUT2D eigenvalue weighted by molar-refractivity contribution is -0.143. The molecule has 0 bridgehead atoms. The second-order valence-corrected chi connectivity index (χ2v) is 5.85. The topological polar surface area (TPSA) is 63.7 Å². The van der Waals surface area contributed by atoms with Crippen LogP contribution in [-0.4, -0.2) is 54.7 Å². The van der Waals surface area contributed by atoms with Crippen molar-refractivity contribution in [3.63, 3.8) is 0 Å². The lowest BCUT2D eigenvalue weighted by Gasteiger charge is -2.35. The lowest BCUT2D eigenvalue weighted by atomic mass is 9.98. The van der Waals surface area contributed by atoms with E-state index in [1.165, 1.54) is 0 Å². The molecule has 0 spiro atoms. The van der Waals surface area contributed by atoms with Gasteiger partial charge in [-0.2, -0.15) is 0 Å². The van der Waals surface area contributed by atoms with Crippen molar-refractivity contribution in [1.82, 2.24) is 15.2 Å². The second-order valence-electron chi connectivity index (χ2n) is 5.85. The molecule has 2 saturated heterocycles. The molecule has 0 saturated carbocycles. The molecule has 3 rings (SSSR count). The smallest absolute Gasteiger partial charge is 0.248 e. The van der Waals surface area contributed by atoms with Gasteiger partial charge in [0.25, 0.3) is 0 Å². The maximum Gasteiger partial charge on any atom is 0.248 e. The minimum absolute atomic E-state index is 0.00849. The van der Waals surface area contributed by atoms with Crippen molar-refractivity contribution >= 4 is 5.91 Å². The van der Waals surface area contributed by atoms with E-state index in [0.29, 0.717) is 11.9 Å². The van der Waals surface area contributed by atoms with Crippen LogP contribution in [-0.2, 0) is 16.1 Å². The molecule has 1 aromatic heterocycles. The van der Waals surface area contributed by atoms with Gasteiger partial charge in [-0.15, -0.1) is 0 Å². The average Bonchev–Trinajstić information content (AvgIpc) is 2.97. The Morgan fingerprint density at radius 3 is 3.14 bits per heavy atom. The molecule has 2 fully saturated rings. The summed E-state index contributed by atoms with van der Waals surface area (Å²) >= 11 is 0. The third-order valence-electron chi connectivity index (χ3n) is 4.62. The monoisotopic (exact) mass is 305 g/mol. The Hall–Kier alpha value is -1.66. The van der Waals surface area contributed by atoms with Crippen molar-refractivity contribution in [1.29, 1.82) is 0 Å². The molecule has 0 unspecified atom stereocenters. The van der Waals surface area contributed by atoms with E-state index in [0.717, 1.165) is 37.9 Å². The number of carbonyl (C=O) groups excluding carboxylic acids is 1. The number of rotatable bonds is 4. The molecular formula is C16H23N3O3. The Balaban J connectivity index is 1.65. The maximum atomic E-state index is 11.7. The van der Waals surface area contributed by atoms with Crippen LogP contribution in [0.5, 0.6) is 5.88 Å². The van der Waals surface area contributed by atoms with E-state index in [9.17, 15) is 4.79 Å². The zero-order valence-corrected chi connectivity index (χ0v) is 13.1. The number of hydrogen-bond acceptors (Lipinski definition) is 5. The molecule has 0 radical (unpaired) electrons. The molecule has 1 aromatic rings. The summed E-state index contributed by atoms with van der Waals surface area (Å²) in [5.74, 6) is 0.678. The summed E-state index contributed by atoms with van der Waals surface area (Å²) in [6.07, 6.45) is 4.35. The van der Waals surface area contributed by atoms with Crippen LogP contribution in [0.15, 0.2) is 18.3 Å². The SMILES string of the molecule is CNC(=O)[C@H]1CC[C@@H]2[C@@H](CCN2Cc2cccnc2OC)O1. The number of amides is 1. The maximum absolute atomic E-state index is 11.7. The number of carbonyl (C=O) groups is 1. The summed E-state index contributed by atoms with van der Waals surface area (Å²) in [6, 6.07) is 4.37. The number of methoxy groups -OCH3 is 1. The van der Waals surface area contributed by atoms with Crippen LogP contribution < -0.4 is 10.1 Å². The quantitative estimate of drug-likeness (QED) is 0.897. The lowest BCUT2D eigenvalue weighted by Crippen LogP contribution is -2.47. The van der Waals surface area contributed by atoms with Crippen LogP contribution >= 0.6 is 0 Å². The van der Waals surface area contributed by atoms with Crippen LogP contribution in [0.2, 0.25) is 0 Å². The van der Waals surface area contributed by atoms with Crippen LogP contribution in [0, 0.1) is 0 Å². The summed E-state index contributed by atoms with van der Waals surface area (Å²) < 4.78 is 11.3. The number of ether oxygens (including phenoxy) is 2. The summed E-state index contributed by atoms with van der Waals surface area (Å²) in [4.78, 5) is 18.4. The Kier molecular flexibility index (Phi) is 4.59. The molecule has 2 aliphatic heterocycles. The first-order valence-electron chi connectivity index (χ1n) is 7.82. The fourth-order valence-corrected chi connectivity index (χ4v) is 3.51. The summed E-state index contributed by atoms with van der Waals surface area (Å²) in [5.41, 5.74) is 1.10. The van der Waals surface area contributed by atoms with Crippen molar-refractivity contribution < 1.29 is 14.3 Å². The average molecular weight is 305 g/mol. The van der Waals surface area contributed by atoms with Gasteiger partial charge in [-0.1, -0.05) is 6.07 Å².